The lowest BCUT2D eigenvalue weighted by Crippen LogP contribution is -2.67. The van der Waals surface area contributed by atoms with Gasteiger partial charge >= 0.3 is 6.03 Å². The third kappa shape index (κ3) is 4.92. The molecule has 7 fully saturated rings. The van der Waals surface area contributed by atoms with Crippen molar-refractivity contribution in [3.8, 4) is 0 Å². The van der Waals surface area contributed by atoms with Crippen LogP contribution < -0.4 is 5.32 Å². The van der Waals surface area contributed by atoms with E-state index in [-0.39, 0.29) is 46.0 Å². The Kier molecular flexibility index (Phi) is 7.78. The number of hydrogen-bond acceptors (Lipinski definition) is 5. The summed E-state index contributed by atoms with van der Waals surface area (Å²) in [7, 11) is 0. The van der Waals surface area contributed by atoms with Crippen molar-refractivity contribution in [3.05, 3.63) is 89.3 Å². The van der Waals surface area contributed by atoms with Gasteiger partial charge in [-0.05, 0) is 154 Å². The molecule has 1 aromatic heterocycles. The summed E-state index contributed by atoms with van der Waals surface area (Å²) >= 11 is 1.59. The predicted molar refractivity (Wildman–Crippen MR) is 222 cm³/mol. The third-order valence-electron chi connectivity index (χ3n) is 18.1. The maximum atomic E-state index is 15.2. The highest BCUT2D eigenvalue weighted by Gasteiger charge is 2.74. The summed E-state index contributed by atoms with van der Waals surface area (Å²) in [6, 6.07) is 20.0. The minimum absolute atomic E-state index is 0.0418. The molecule has 2 spiro atoms. The molecule has 2 aromatic carbocycles. The van der Waals surface area contributed by atoms with Gasteiger partial charge in [0.1, 0.15) is 0 Å². The van der Waals surface area contributed by atoms with Gasteiger partial charge in [-0.1, -0.05) is 68.5 Å². The number of nitrogens with one attached hydrogen (secondary N) is 1. The molecule has 13 rings (SSSR count). The Bertz CT molecular complexity index is 2110. The summed E-state index contributed by atoms with van der Waals surface area (Å²) < 4.78 is 1.12. The van der Waals surface area contributed by atoms with Crippen LogP contribution in [0, 0.1) is 56.7 Å². The van der Waals surface area contributed by atoms with Crippen molar-refractivity contribution in [2.24, 2.45) is 56.7 Å². The van der Waals surface area contributed by atoms with Crippen molar-refractivity contribution in [1.29, 1.82) is 0 Å². The van der Waals surface area contributed by atoms with Crippen LogP contribution >= 0.6 is 11.3 Å². The molecule has 294 valence electrons. The largest absolute Gasteiger partial charge is 0.393 e. The van der Waals surface area contributed by atoms with E-state index in [1.54, 1.807) is 11.3 Å². The summed E-state index contributed by atoms with van der Waals surface area (Å²) in [6.07, 6.45) is 20.0. The number of benzene rings is 2. The van der Waals surface area contributed by atoms with Crippen LogP contribution in [-0.2, 0) is 0 Å². The van der Waals surface area contributed by atoms with Gasteiger partial charge < -0.3 is 20.4 Å². The number of urea groups is 1. The van der Waals surface area contributed by atoms with Crippen LogP contribution in [0.1, 0.15) is 107 Å². The first-order valence-corrected chi connectivity index (χ1v) is 22.7. The number of para-hydroxylation sites is 1. The summed E-state index contributed by atoms with van der Waals surface area (Å²) in [5, 5.41) is 29.0. The minimum atomic E-state index is -1.11. The van der Waals surface area contributed by atoms with E-state index in [9.17, 15) is 15.0 Å². The fraction of sp³-hybridized carbons (Fsp3) is 0.592. The maximum Gasteiger partial charge on any atom is 0.321 e. The molecule has 0 radical (unpaired) electrons. The van der Waals surface area contributed by atoms with Crippen molar-refractivity contribution >= 4 is 38.9 Å². The Morgan fingerprint density at radius 3 is 2.20 bits per heavy atom. The van der Waals surface area contributed by atoms with Crippen molar-refractivity contribution in [2.45, 2.75) is 109 Å². The average molecular weight is 771 g/mol. The van der Waals surface area contributed by atoms with Gasteiger partial charge in [-0.3, -0.25) is 4.79 Å². The number of carbonyl (C=O) groups excluding carboxylic acids is 2. The molecule has 6 bridgehead atoms. The zero-order valence-corrected chi connectivity index (χ0v) is 34.0. The van der Waals surface area contributed by atoms with E-state index in [1.807, 2.05) is 47.4 Å². The molecule has 0 saturated heterocycles. The Labute approximate surface area is 335 Å². The number of amides is 2. The van der Waals surface area contributed by atoms with Crippen LogP contribution in [0.3, 0.4) is 0 Å². The number of aliphatic hydroxyl groups is 2. The molecule has 3 N–H and O–H groups in total. The molecule has 8 unspecified atom stereocenters. The van der Waals surface area contributed by atoms with Crippen molar-refractivity contribution in [1.82, 2.24) is 4.90 Å². The lowest BCUT2D eigenvalue weighted by atomic mass is 9.32. The van der Waals surface area contributed by atoms with Crippen molar-refractivity contribution in [3.63, 3.8) is 0 Å². The number of thiophene rings is 1. The summed E-state index contributed by atoms with van der Waals surface area (Å²) in [5.74, 6) is 2.71. The van der Waals surface area contributed by atoms with Crippen molar-refractivity contribution < 1.29 is 19.8 Å². The normalized spacial score (nSPS) is 43.9. The number of hydrogen-bond donors (Lipinski definition) is 3. The third-order valence-corrected chi connectivity index (χ3v) is 19.2. The second kappa shape index (κ2) is 12.1. The average Bonchev–Trinajstić information content (AvgIpc) is 3.72. The molecular weight excluding hydrogens is 713 g/mol. The lowest BCUT2D eigenvalue weighted by molar-refractivity contribution is -0.176. The number of fused-ring (bicyclic) bond motifs is 2. The van der Waals surface area contributed by atoms with Crippen LogP contribution in [0.4, 0.5) is 10.5 Å². The van der Waals surface area contributed by atoms with Crippen molar-refractivity contribution in [2.75, 3.05) is 18.4 Å². The fourth-order valence-corrected chi connectivity index (χ4v) is 17.0. The lowest BCUT2D eigenvalue weighted by Gasteiger charge is -2.71. The molecule has 3 aromatic rings. The van der Waals surface area contributed by atoms with Gasteiger partial charge in [0.25, 0.3) is 0 Å². The second-order valence-corrected chi connectivity index (χ2v) is 21.9. The van der Waals surface area contributed by atoms with E-state index >= 15 is 4.79 Å². The van der Waals surface area contributed by atoms with Gasteiger partial charge in [-0.2, -0.15) is 0 Å². The molecular formula is C49H58N2O4S. The van der Waals surface area contributed by atoms with Gasteiger partial charge in [-0.15, -0.1) is 11.3 Å². The molecule has 0 aliphatic heterocycles. The molecule has 56 heavy (non-hydrogen) atoms. The molecule has 8 atom stereocenters. The smallest absolute Gasteiger partial charge is 0.321 e. The fourth-order valence-electron chi connectivity index (χ4n) is 16.0. The SMILES string of the molecule is CC12CCC(O)CC13C=CC1(C(C(=O)c4cc5ccccc5s4)=C3)C2CCC2(C)C1CCC2(O)CN(CC12CC3CC(CC(C3)C1)C2)C(=O)Nc1ccccc1. The van der Waals surface area contributed by atoms with Crippen LogP contribution in [0.5, 0.6) is 0 Å². The highest BCUT2D eigenvalue weighted by molar-refractivity contribution is 7.21. The quantitative estimate of drug-likeness (QED) is 0.165. The van der Waals surface area contributed by atoms with E-state index in [0.717, 1.165) is 76.1 Å². The number of aliphatic hydroxyl groups excluding tert-OH is 1. The molecule has 7 saturated carbocycles. The number of ketones is 1. The van der Waals surface area contributed by atoms with E-state index in [2.05, 4.69) is 55.6 Å². The van der Waals surface area contributed by atoms with Gasteiger partial charge in [0, 0.05) is 38.8 Å². The zero-order valence-electron chi connectivity index (χ0n) is 33.1. The maximum absolute atomic E-state index is 15.2. The monoisotopic (exact) mass is 770 g/mol. The Morgan fingerprint density at radius 2 is 1.46 bits per heavy atom. The van der Waals surface area contributed by atoms with Crippen LogP contribution in [0.2, 0.25) is 0 Å². The zero-order chi connectivity index (χ0) is 38.3. The number of allylic oxidation sites excluding steroid dienone is 4. The predicted octanol–water partition coefficient (Wildman–Crippen LogP) is 10.4. The number of nitrogens with zero attached hydrogens (tertiary/aromatic N) is 1. The molecule has 10 aliphatic rings. The number of rotatable bonds is 7. The van der Waals surface area contributed by atoms with Gasteiger partial charge in [0.15, 0.2) is 5.78 Å². The summed E-state index contributed by atoms with van der Waals surface area (Å²) in [6.45, 7) is 5.77. The Hall–Kier alpha value is -3.26. The summed E-state index contributed by atoms with van der Waals surface area (Å²) in [4.78, 5) is 32.7. The first-order valence-electron chi connectivity index (χ1n) is 21.9. The van der Waals surface area contributed by atoms with Crippen LogP contribution in [0.25, 0.3) is 10.1 Å². The topological polar surface area (TPSA) is 89.9 Å². The molecule has 6 nitrogen and oxygen atoms in total. The minimum Gasteiger partial charge on any atom is -0.393 e. The van der Waals surface area contributed by atoms with Crippen LogP contribution in [0.15, 0.2) is 84.5 Å². The van der Waals surface area contributed by atoms with E-state index in [0.29, 0.717) is 25.9 Å². The van der Waals surface area contributed by atoms with Gasteiger partial charge in [0.05, 0.1) is 23.1 Å². The second-order valence-electron chi connectivity index (χ2n) is 20.9. The first kappa shape index (κ1) is 35.9. The highest BCUT2D eigenvalue weighted by Crippen LogP contribution is 2.78. The van der Waals surface area contributed by atoms with E-state index in [4.69, 9.17) is 0 Å². The highest BCUT2D eigenvalue weighted by atomic mass is 32.1. The Morgan fingerprint density at radius 1 is 0.804 bits per heavy atom. The standard InChI is InChI=1S/C49H58N2O4S/c1-44-15-12-36(52)27-47(44)18-19-49(37(28-47)42(53)39-23-34-8-6-7-11-38(34)56-39)40(44)13-16-45(2)41(49)14-17-48(45,55)30-51(43(54)50-35-9-4-3-5-10-35)29-46-24-31-20-32(25-46)22-33(21-31)26-46/h3-11,18-19,23,28,31-33,36,40-41,52,55H,12-17,20-22,24-27,29-30H2,1-2H3,(H,50,54). The van der Waals surface area contributed by atoms with E-state index < -0.39 is 16.4 Å². The molecule has 2 amide bonds. The Balaban J connectivity index is 0.980. The number of anilines is 1. The van der Waals surface area contributed by atoms with Crippen LogP contribution in [-0.4, -0.2) is 51.7 Å². The molecule has 7 heteroatoms. The number of carbonyl (C=O) groups is 2. The van der Waals surface area contributed by atoms with E-state index in [1.165, 1.54) is 38.5 Å². The molecule has 1 heterocycles. The number of Topliss-reactive ketones (excluding diaryl/α,β-unsaturated/α-hetero) is 1. The van der Waals surface area contributed by atoms with Gasteiger partial charge in [-0.25, -0.2) is 4.79 Å². The first-order chi connectivity index (χ1) is 26.9. The van der Waals surface area contributed by atoms with Gasteiger partial charge in [0.2, 0.25) is 0 Å². The molecule has 10 aliphatic carbocycles. The summed E-state index contributed by atoms with van der Waals surface area (Å²) in [5.41, 5.74) is -0.798.